The maximum Gasteiger partial charge on any atom is 0.240 e. The smallest absolute Gasteiger partial charge is 0.240 e. The van der Waals surface area contributed by atoms with Gasteiger partial charge in [-0.05, 0) is 31.0 Å². The molecule has 1 aromatic carbocycles. The van der Waals surface area contributed by atoms with Crippen LogP contribution >= 0.6 is 15.9 Å². The SMILES string of the molecule is CCCCCCCC(=O)NN=C(C)c1ccc(Br)cc1. The summed E-state index contributed by atoms with van der Waals surface area (Å²) in [6.45, 7) is 4.08. The highest BCUT2D eigenvalue weighted by Crippen LogP contribution is 2.11. The number of carbonyl (C=O) groups is 1. The van der Waals surface area contributed by atoms with Crippen molar-refractivity contribution < 1.29 is 4.79 Å². The third-order valence-electron chi connectivity index (χ3n) is 3.12. The van der Waals surface area contributed by atoms with Gasteiger partial charge >= 0.3 is 0 Å². The summed E-state index contributed by atoms with van der Waals surface area (Å²) in [5.74, 6) is -0.00189. The van der Waals surface area contributed by atoms with Gasteiger partial charge in [0.2, 0.25) is 5.91 Å². The molecule has 0 atom stereocenters. The molecule has 0 bridgehead atoms. The van der Waals surface area contributed by atoms with Crippen LogP contribution in [0.3, 0.4) is 0 Å². The van der Waals surface area contributed by atoms with Crippen LogP contribution in [0.5, 0.6) is 0 Å². The zero-order valence-electron chi connectivity index (χ0n) is 12.3. The standard InChI is InChI=1S/C16H23BrN2O/c1-3-4-5-6-7-8-16(20)19-18-13(2)14-9-11-15(17)12-10-14/h9-12H,3-8H2,1-2H3,(H,19,20). The molecule has 0 aliphatic heterocycles. The van der Waals surface area contributed by atoms with Crippen LogP contribution in [0.4, 0.5) is 0 Å². The van der Waals surface area contributed by atoms with E-state index in [2.05, 4.69) is 33.4 Å². The molecule has 1 aromatic rings. The predicted molar refractivity (Wildman–Crippen MR) is 87.9 cm³/mol. The van der Waals surface area contributed by atoms with Gasteiger partial charge < -0.3 is 0 Å². The molecular weight excluding hydrogens is 316 g/mol. The monoisotopic (exact) mass is 338 g/mol. The van der Waals surface area contributed by atoms with Crippen LogP contribution in [0, 0.1) is 0 Å². The summed E-state index contributed by atoms with van der Waals surface area (Å²) < 4.78 is 1.03. The molecule has 0 aromatic heterocycles. The van der Waals surface area contributed by atoms with E-state index in [1.165, 1.54) is 19.3 Å². The first-order valence-electron chi connectivity index (χ1n) is 7.22. The van der Waals surface area contributed by atoms with Gasteiger partial charge in [0.05, 0.1) is 5.71 Å². The first kappa shape index (κ1) is 16.9. The zero-order valence-corrected chi connectivity index (χ0v) is 13.9. The topological polar surface area (TPSA) is 41.5 Å². The van der Waals surface area contributed by atoms with Crippen molar-refractivity contribution in [1.29, 1.82) is 0 Å². The van der Waals surface area contributed by atoms with Crippen LogP contribution in [-0.2, 0) is 4.79 Å². The molecule has 1 N–H and O–H groups in total. The Hall–Kier alpha value is -1.16. The largest absolute Gasteiger partial charge is 0.273 e. The fourth-order valence-electron chi connectivity index (χ4n) is 1.85. The fraction of sp³-hybridized carbons (Fsp3) is 0.500. The van der Waals surface area contributed by atoms with Crippen LogP contribution in [0.25, 0.3) is 0 Å². The molecule has 0 spiro atoms. The predicted octanol–water partition coefficient (Wildman–Crippen LogP) is 4.65. The Labute approximate surface area is 130 Å². The van der Waals surface area contributed by atoms with Crippen LogP contribution < -0.4 is 5.43 Å². The molecule has 3 nitrogen and oxygen atoms in total. The van der Waals surface area contributed by atoms with Crippen molar-refractivity contribution in [2.24, 2.45) is 5.10 Å². The second-order valence-electron chi connectivity index (χ2n) is 4.90. The van der Waals surface area contributed by atoms with E-state index >= 15 is 0 Å². The number of rotatable bonds is 8. The van der Waals surface area contributed by atoms with Gasteiger partial charge in [-0.15, -0.1) is 0 Å². The molecule has 4 heteroatoms. The summed E-state index contributed by atoms with van der Waals surface area (Å²) in [7, 11) is 0. The number of amides is 1. The highest BCUT2D eigenvalue weighted by Gasteiger charge is 2.01. The van der Waals surface area contributed by atoms with E-state index in [1.54, 1.807) is 0 Å². The van der Waals surface area contributed by atoms with E-state index in [1.807, 2.05) is 31.2 Å². The number of hydrazone groups is 1. The molecule has 0 radical (unpaired) electrons. The van der Waals surface area contributed by atoms with E-state index in [9.17, 15) is 4.79 Å². The van der Waals surface area contributed by atoms with Gasteiger partial charge in [0.15, 0.2) is 0 Å². The zero-order chi connectivity index (χ0) is 14.8. The van der Waals surface area contributed by atoms with Crippen LogP contribution in [0.15, 0.2) is 33.8 Å². The van der Waals surface area contributed by atoms with E-state index in [-0.39, 0.29) is 5.91 Å². The maximum absolute atomic E-state index is 11.6. The quantitative estimate of drug-likeness (QED) is 0.418. The van der Waals surface area contributed by atoms with Crippen molar-refractivity contribution in [2.75, 3.05) is 0 Å². The number of nitrogens with zero attached hydrogens (tertiary/aromatic N) is 1. The number of unbranched alkanes of at least 4 members (excludes halogenated alkanes) is 4. The molecule has 1 rings (SSSR count). The molecule has 0 saturated carbocycles. The lowest BCUT2D eigenvalue weighted by Gasteiger charge is -2.03. The van der Waals surface area contributed by atoms with E-state index < -0.39 is 0 Å². The van der Waals surface area contributed by atoms with E-state index in [0.29, 0.717) is 6.42 Å². The Morgan fingerprint density at radius 2 is 1.80 bits per heavy atom. The minimum Gasteiger partial charge on any atom is -0.273 e. The highest BCUT2D eigenvalue weighted by atomic mass is 79.9. The van der Waals surface area contributed by atoms with Crippen molar-refractivity contribution in [3.8, 4) is 0 Å². The average Bonchev–Trinajstić information content (AvgIpc) is 2.45. The summed E-state index contributed by atoms with van der Waals surface area (Å²) in [6, 6.07) is 7.87. The number of nitrogens with one attached hydrogen (secondary N) is 1. The summed E-state index contributed by atoms with van der Waals surface area (Å²) in [6.07, 6.45) is 6.31. The molecule has 0 unspecified atom stereocenters. The minimum absolute atomic E-state index is 0.00189. The number of benzene rings is 1. The summed E-state index contributed by atoms with van der Waals surface area (Å²) in [4.78, 5) is 11.6. The van der Waals surface area contributed by atoms with Crippen molar-refractivity contribution in [3.63, 3.8) is 0 Å². The van der Waals surface area contributed by atoms with Gasteiger partial charge in [-0.1, -0.05) is 60.7 Å². The maximum atomic E-state index is 11.6. The molecular formula is C16H23BrN2O. The lowest BCUT2D eigenvalue weighted by molar-refractivity contribution is -0.121. The number of carbonyl (C=O) groups excluding carboxylic acids is 1. The summed E-state index contributed by atoms with van der Waals surface area (Å²) in [5.41, 5.74) is 4.45. The van der Waals surface area contributed by atoms with Gasteiger partial charge in [0.1, 0.15) is 0 Å². The first-order chi connectivity index (χ1) is 9.63. The number of halogens is 1. The average molecular weight is 339 g/mol. The second kappa shape index (κ2) is 9.70. The summed E-state index contributed by atoms with van der Waals surface area (Å²) in [5, 5.41) is 4.14. The first-order valence-corrected chi connectivity index (χ1v) is 8.02. The van der Waals surface area contributed by atoms with Gasteiger partial charge in [-0.3, -0.25) is 4.79 Å². The van der Waals surface area contributed by atoms with Crippen LogP contribution in [0.2, 0.25) is 0 Å². The molecule has 20 heavy (non-hydrogen) atoms. The Morgan fingerprint density at radius 1 is 1.15 bits per heavy atom. The van der Waals surface area contributed by atoms with Crippen molar-refractivity contribution in [2.45, 2.75) is 52.4 Å². The van der Waals surface area contributed by atoms with E-state index in [0.717, 1.165) is 28.6 Å². The van der Waals surface area contributed by atoms with Crippen LogP contribution in [0.1, 0.15) is 57.9 Å². The molecule has 0 aliphatic carbocycles. The Morgan fingerprint density at radius 3 is 2.45 bits per heavy atom. The number of hydrogen-bond donors (Lipinski definition) is 1. The molecule has 0 saturated heterocycles. The lowest BCUT2D eigenvalue weighted by Crippen LogP contribution is -2.18. The Kier molecular flexibility index (Phi) is 8.19. The number of hydrogen-bond acceptors (Lipinski definition) is 2. The third kappa shape index (κ3) is 6.85. The van der Waals surface area contributed by atoms with Gasteiger partial charge in [0, 0.05) is 10.9 Å². The minimum atomic E-state index is -0.00189. The van der Waals surface area contributed by atoms with E-state index in [4.69, 9.17) is 0 Å². The normalized spacial score (nSPS) is 11.4. The van der Waals surface area contributed by atoms with Crippen molar-refractivity contribution >= 4 is 27.5 Å². The fourth-order valence-corrected chi connectivity index (χ4v) is 2.11. The molecule has 0 heterocycles. The second-order valence-corrected chi connectivity index (χ2v) is 5.82. The van der Waals surface area contributed by atoms with Gasteiger partial charge in [-0.25, -0.2) is 5.43 Å². The molecule has 110 valence electrons. The van der Waals surface area contributed by atoms with Crippen molar-refractivity contribution in [1.82, 2.24) is 5.43 Å². The van der Waals surface area contributed by atoms with Crippen LogP contribution in [-0.4, -0.2) is 11.6 Å². The highest BCUT2D eigenvalue weighted by molar-refractivity contribution is 9.10. The summed E-state index contributed by atoms with van der Waals surface area (Å²) >= 11 is 3.39. The molecule has 1 amide bonds. The van der Waals surface area contributed by atoms with Gasteiger partial charge in [0.25, 0.3) is 0 Å². The van der Waals surface area contributed by atoms with Crippen molar-refractivity contribution in [3.05, 3.63) is 34.3 Å². The lowest BCUT2D eigenvalue weighted by atomic mass is 10.1. The van der Waals surface area contributed by atoms with Gasteiger partial charge in [-0.2, -0.15) is 5.10 Å². The Balaban J connectivity index is 2.31. The molecule has 0 aliphatic rings. The Bertz CT molecular complexity index is 440. The third-order valence-corrected chi connectivity index (χ3v) is 3.65. The molecule has 0 fully saturated rings.